The van der Waals surface area contributed by atoms with Gasteiger partial charge in [0, 0.05) is 0 Å². The Morgan fingerprint density at radius 1 is 1.19 bits per heavy atom. The molecule has 1 heterocycles. The van der Waals surface area contributed by atoms with E-state index >= 15 is 0 Å². The van der Waals surface area contributed by atoms with Crippen LogP contribution in [-0.4, -0.2) is 31.9 Å². The van der Waals surface area contributed by atoms with Crippen molar-refractivity contribution in [1.29, 1.82) is 0 Å². The highest BCUT2D eigenvalue weighted by molar-refractivity contribution is 5.84. The number of imidazole rings is 1. The van der Waals surface area contributed by atoms with Crippen molar-refractivity contribution < 1.29 is 28.2 Å². The van der Waals surface area contributed by atoms with Gasteiger partial charge in [-0.15, -0.1) is 0 Å². The Hall–Kier alpha value is -3.56. The Labute approximate surface area is 150 Å². The number of amides is 1. The molecule has 0 spiro atoms. The standard InChI is InChI=1S/C17H13F3N4O3/c18-17(19,20)16-22-11-3-1-2-4-12(11)24(16)9-15(27)23-21-8-10-5-6-13(25)14(26)7-10/h1-8,25-26H,9H2,(H,23,27)/b21-8+. The number of nitrogens with zero attached hydrogens (tertiary/aromatic N) is 3. The summed E-state index contributed by atoms with van der Waals surface area (Å²) in [4.78, 5) is 15.6. The minimum absolute atomic E-state index is 0.126. The summed E-state index contributed by atoms with van der Waals surface area (Å²) in [6.07, 6.45) is -3.54. The summed E-state index contributed by atoms with van der Waals surface area (Å²) in [5, 5.41) is 22.2. The summed E-state index contributed by atoms with van der Waals surface area (Å²) >= 11 is 0. The van der Waals surface area contributed by atoms with Crippen molar-refractivity contribution in [2.45, 2.75) is 12.7 Å². The second kappa shape index (κ2) is 6.98. The van der Waals surface area contributed by atoms with Crippen LogP contribution in [0.1, 0.15) is 11.4 Å². The lowest BCUT2D eigenvalue weighted by atomic mass is 10.2. The molecule has 0 unspecified atom stereocenters. The average molecular weight is 378 g/mol. The van der Waals surface area contributed by atoms with Crippen molar-refractivity contribution in [2.75, 3.05) is 0 Å². The highest BCUT2D eigenvalue weighted by atomic mass is 19.4. The number of phenols is 2. The van der Waals surface area contributed by atoms with Gasteiger partial charge < -0.3 is 14.8 Å². The lowest BCUT2D eigenvalue weighted by molar-refractivity contribution is -0.147. The summed E-state index contributed by atoms with van der Waals surface area (Å²) in [5.74, 6) is -2.65. The van der Waals surface area contributed by atoms with Gasteiger partial charge in [-0.2, -0.15) is 18.3 Å². The summed E-state index contributed by atoms with van der Waals surface area (Å²) in [7, 11) is 0. The second-order valence-corrected chi connectivity index (χ2v) is 5.55. The lowest BCUT2D eigenvalue weighted by Gasteiger charge is -2.10. The summed E-state index contributed by atoms with van der Waals surface area (Å²) in [6.45, 7) is -0.631. The first-order valence-corrected chi connectivity index (χ1v) is 7.62. The molecule has 7 nitrogen and oxygen atoms in total. The average Bonchev–Trinajstić information content (AvgIpc) is 2.97. The molecule has 3 rings (SSSR count). The van der Waals surface area contributed by atoms with Crippen molar-refractivity contribution in [3.05, 3.63) is 53.9 Å². The van der Waals surface area contributed by atoms with E-state index in [0.717, 1.165) is 4.57 Å². The van der Waals surface area contributed by atoms with Crippen LogP contribution in [-0.2, 0) is 17.5 Å². The Balaban J connectivity index is 1.77. The Bertz CT molecular complexity index is 1030. The number of carbonyl (C=O) groups excluding carboxylic acids is 1. The molecule has 0 saturated heterocycles. The highest BCUT2D eigenvalue weighted by Crippen LogP contribution is 2.31. The highest BCUT2D eigenvalue weighted by Gasteiger charge is 2.37. The number of rotatable bonds is 4. The number of para-hydroxylation sites is 2. The first-order chi connectivity index (χ1) is 12.8. The van der Waals surface area contributed by atoms with Gasteiger partial charge in [-0.1, -0.05) is 12.1 Å². The monoisotopic (exact) mass is 378 g/mol. The van der Waals surface area contributed by atoms with Crippen molar-refractivity contribution in [3.63, 3.8) is 0 Å². The fourth-order valence-electron chi connectivity index (χ4n) is 2.43. The number of carbonyl (C=O) groups is 1. The number of benzene rings is 2. The van der Waals surface area contributed by atoms with Crippen LogP contribution >= 0.6 is 0 Å². The number of hydrazone groups is 1. The van der Waals surface area contributed by atoms with E-state index in [9.17, 15) is 28.2 Å². The molecule has 140 valence electrons. The van der Waals surface area contributed by atoms with E-state index in [0.29, 0.717) is 5.56 Å². The number of phenolic OH excluding ortho intramolecular Hbond substituents is 2. The molecule has 0 atom stereocenters. The minimum atomic E-state index is -4.72. The third kappa shape index (κ3) is 4.00. The van der Waals surface area contributed by atoms with Gasteiger partial charge in [0.05, 0.1) is 17.2 Å². The number of aromatic nitrogens is 2. The van der Waals surface area contributed by atoms with Crippen molar-refractivity contribution >= 4 is 23.2 Å². The number of hydrogen-bond donors (Lipinski definition) is 3. The number of halogens is 3. The molecule has 27 heavy (non-hydrogen) atoms. The topological polar surface area (TPSA) is 99.7 Å². The number of alkyl halides is 3. The van der Waals surface area contributed by atoms with Crippen LogP contribution in [0.15, 0.2) is 47.6 Å². The number of nitrogens with one attached hydrogen (secondary N) is 1. The van der Waals surface area contributed by atoms with Crippen LogP contribution in [0.25, 0.3) is 11.0 Å². The maximum absolute atomic E-state index is 13.2. The number of aromatic hydroxyl groups is 2. The molecule has 3 aromatic rings. The van der Waals surface area contributed by atoms with Crippen LogP contribution in [0.2, 0.25) is 0 Å². The fraction of sp³-hybridized carbons (Fsp3) is 0.118. The van der Waals surface area contributed by atoms with Crippen LogP contribution < -0.4 is 5.43 Å². The SMILES string of the molecule is O=C(Cn1c(C(F)(F)F)nc2ccccc21)N/N=C/c1ccc(O)c(O)c1. The molecule has 0 aliphatic rings. The summed E-state index contributed by atoms with van der Waals surface area (Å²) in [5.41, 5.74) is 2.79. The maximum atomic E-state index is 13.2. The van der Waals surface area contributed by atoms with Gasteiger partial charge in [0.2, 0.25) is 5.82 Å². The largest absolute Gasteiger partial charge is 0.504 e. The van der Waals surface area contributed by atoms with Gasteiger partial charge in [-0.25, -0.2) is 10.4 Å². The van der Waals surface area contributed by atoms with Crippen molar-refractivity contribution in [2.24, 2.45) is 5.10 Å². The third-order valence-electron chi connectivity index (χ3n) is 3.61. The normalized spacial score (nSPS) is 12.0. The predicted octanol–water partition coefficient (Wildman–Crippen LogP) is 2.62. The van der Waals surface area contributed by atoms with Crippen LogP contribution in [0, 0.1) is 0 Å². The Morgan fingerprint density at radius 2 is 1.93 bits per heavy atom. The van der Waals surface area contributed by atoms with E-state index in [4.69, 9.17) is 0 Å². The first kappa shape index (κ1) is 18.2. The second-order valence-electron chi connectivity index (χ2n) is 5.55. The smallest absolute Gasteiger partial charge is 0.449 e. The van der Waals surface area contributed by atoms with Gasteiger partial charge in [0.15, 0.2) is 11.5 Å². The molecule has 0 aliphatic carbocycles. The van der Waals surface area contributed by atoms with Gasteiger partial charge in [0.1, 0.15) is 6.54 Å². The van der Waals surface area contributed by atoms with E-state index in [2.05, 4.69) is 15.5 Å². The lowest BCUT2D eigenvalue weighted by Crippen LogP contribution is -2.26. The molecule has 0 bridgehead atoms. The van der Waals surface area contributed by atoms with Crippen molar-refractivity contribution in [1.82, 2.24) is 15.0 Å². The summed E-state index contributed by atoms with van der Waals surface area (Å²) < 4.78 is 40.3. The predicted molar refractivity (Wildman–Crippen MR) is 90.2 cm³/mol. The molecule has 2 aromatic carbocycles. The zero-order chi connectivity index (χ0) is 19.6. The molecule has 1 aromatic heterocycles. The molecule has 0 saturated carbocycles. The van der Waals surface area contributed by atoms with Gasteiger partial charge in [-0.05, 0) is 35.9 Å². The number of hydrogen-bond acceptors (Lipinski definition) is 5. The fourth-order valence-corrected chi connectivity index (χ4v) is 2.43. The van der Waals surface area contributed by atoms with Crippen LogP contribution in [0.4, 0.5) is 13.2 Å². The molecule has 0 radical (unpaired) electrons. The minimum Gasteiger partial charge on any atom is -0.504 e. The van der Waals surface area contributed by atoms with E-state index in [1.807, 2.05) is 0 Å². The molecule has 0 aliphatic heterocycles. The van der Waals surface area contributed by atoms with Crippen LogP contribution in [0.5, 0.6) is 11.5 Å². The quantitative estimate of drug-likeness (QED) is 0.369. The zero-order valence-electron chi connectivity index (χ0n) is 13.6. The van der Waals surface area contributed by atoms with Gasteiger partial charge >= 0.3 is 6.18 Å². The first-order valence-electron chi connectivity index (χ1n) is 7.62. The van der Waals surface area contributed by atoms with E-state index in [1.54, 1.807) is 12.1 Å². The number of fused-ring (bicyclic) bond motifs is 1. The molecule has 1 amide bonds. The third-order valence-corrected chi connectivity index (χ3v) is 3.61. The Kier molecular flexibility index (Phi) is 4.72. The van der Waals surface area contributed by atoms with E-state index in [1.165, 1.54) is 36.5 Å². The molecule has 0 fully saturated rings. The molecular weight excluding hydrogens is 365 g/mol. The van der Waals surface area contributed by atoms with Gasteiger partial charge in [0.25, 0.3) is 5.91 Å². The van der Waals surface area contributed by atoms with Gasteiger partial charge in [-0.3, -0.25) is 4.79 Å². The summed E-state index contributed by atoms with van der Waals surface area (Å²) in [6, 6.07) is 9.82. The molecule has 10 heteroatoms. The molecular formula is C17H13F3N4O3. The maximum Gasteiger partial charge on any atom is 0.449 e. The Morgan fingerprint density at radius 3 is 2.63 bits per heavy atom. The molecule has 3 N–H and O–H groups in total. The van der Waals surface area contributed by atoms with E-state index in [-0.39, 0.29) is 22.5 Å². The van der Waals surface area contributed by atoms with Crippen molar-refractivity contribution in [3.8, 4) is 11.5 Å². The zero-order valence-corrected chi connectivity index (χ0v) is 13.6. The van der Waals surface area contributed by atoms with E-state index < -0.39 is 24.5 Å². The van der Waals surface area contributed by atoms with Crippen LogP contribution in [0.3, 0.4) is 0 Å².